The Kier molecular flexibility index (Phi) is 3.29. The molecule has 1 heterocycles. The number of halogens is 1. The highest BCUT2D eigenvalue weighted by Crippen LogP contribution is 2.24. The van der Waals surface area contributed by atoms with Crippen LogP contribution in [0.3, 0.4) is 0 Å². The van der Waals surface area contributed by atoms with Crippen LogP contribution in [0.5, 0.6) is 0 Å². The van der Waals surface area contributed by atoms with Gasteiger partial charge in [0, 0.05) is 30.4 Å². The molecule has 1 saturated heterocycles. The van der Waals surface area contributed by atoms with Gasteiger partial charge in [-0.1, -0.05) is 22.0 Å². The summed E-state index contributed by atoms with van der Waals surface area (Å²) in [5, 5.41) is 9.71. The number of hydrogen-bond donors (Lipinski definition) is 1. The van der Waals surface area contributed by atoms with Crippen molar-refractivity contribution in [3.05, 3.63) is 28.7 Å². The van der Waals surface area contributed by atoms with E-state index in [2.05, 4.69) is 20.8 Å². The maximum atomic E-state index is 9.71. The topological polar surface area (TPSA) is 32.7 Å². The molecule has 1 N–H and O–H groups in total. The van der Waals surface area contributed by atoms with Crippen molar-refractivity contribution in [1.82, 2.24) is 0 Å². The summed E-state index contributed by atoms with van der Waals surface area (Å²) >= 11 is 3.44. The van der Waals surface area contributed by atoms with Crippen LogP contribution < -0.4 is 4.90 Å². The molecule has 3 nitrogen and oxygen atoms in total. The van der Waals surface area contributed by atoms with E-state index in [1.165, 1.54) is 0 Å². The van der Waals surface area contributed by atoms with Crippen molar-refractivity contribution in [2.24, 2.45) is 0 Å². The summed E-state index contributed by atoms with van der Waals surface area (Å²) in [4.78, 5) is 2.13. The molecule has 1 fully saturated rings. The maximum absolute atomic E-state index is 9.71. The monoisotopic (exact) mass is 271 g/mol. The molecule has 0 aromatic heterocycles. The van der Waals surface area contributed by atoms with Gasteiger partial charge in [0.05, 0.1) is 6.10 Å². The lowest BCUT2D eigenvalue weighted by Gasteiger charge is -2.17. The molecule has 0 aliphatic carbocycles. The Bertz CT molecular complexity index is 345. The van der Waals surface area contributed by atoms with Gasteiger partial charge < -0.3 is 14.7 Å². The molecule has 0 unspecified atom stereocenters. The van der Waals surface area contributed by atoms with Crippen molar-refractivity contribution in [2.45, 2.75) is 12.2 Å². The molecule has 1 aliphatic rings. The lowest BCUT2D eigenvalue weighted by molar-refractivity contribution is 0.0217. The average Bonchev–Trinajstić information content (AvgIpc) is 2.60. The van der Waals surface area contributed by atoms with Crippen LogP contribution in [0.2, 0.25) is 0 Å². The molecule has 2 atom stereocenters. The summed E-state index contributed by atoms with van der Waals surface area (Å²) in [6.07, 6.45) is -0.474. The van der Waals surface area contributed by atoms with Gasteiger partial charge in [-0.15, -0.1) is 0 Å². The van der Waals surface area contributed by atoms with E-state index in [1.54, 1.807) is 7.11 Å². The van der Waals surface area contributed by atoms with Gasteiger partial charge in [-0.3, -0.25) is 0 Å². The lowest BCUT2D eigenvalue weighted by Crippen LogP contribution is -2.25. The fourth-order valence-corrected chi connectivity index (χ4v) is 2.26. The van der Waals surface area contributed by atoms with E-state index in [-0.39, 0.29) is 6.10 Å². The van der Waals surface area contributed by atoms with Crippen molar-refractivity contribution in [3.63, 3.8) is 0 Å². The second-order valence-electron chi connectivity index (χ2n) is 3.73. The minimum absolute atomic E-state index is 0.0796. The van der Waals surface area contributed by atoms with Gasteiger partial charge in [-0.05, 0) is 18.2 Å². The minimum Gasteiger partial charge on any atom is -0.388 e. The van der Waals surface area contributed by atoms with E-state index < -0.39 is 6.10 Å². The fourth-order valence-electron chi connectivity index (χ4n) is 1.87. The van der Waals surface area contributed by atoms with E-state index in [0.29, 0.717) is 6.54 Å². The van der Waals surface area contributed by atoms with Gasteiger partial charge in [0.25, 0.3) is 0 Å². The molecular weight excluding hydrogens is 258 g/mol. The number of anilines is 1. The molecule has 15 heavy (non-hydrogen) atoms. The molecule has 0 spiro atoms. The van der Waals surface area contributed by atoms with Crippen molar-refractivity contribution >= 4 is 21.6 Å². The van der Waals surface area contributed by atoms with E-state index in [4.69, 9.17) is 4.74 Å². The molecule has 0 amide bonds. The summed E-state index contributed by atoms with van der Waals surface area (Å²) in [5.41, 5.74) is 1.11. The van der Waals surface area contributed by atoms with Crippen LogP contribution in [0.15, 0.2) is 28.7 Å². The summed E-state index contributed by atoms with van der Waals surface area (Å²) in [5.74, 6) is 0. The second-order valence-corrected chi connectivity index (χ2v) is 4.64. The van der Waals surface area contributed by atoms with Crippen LogP contribution in [-0.4, -0.2) is 37.5 Å². The SMILES string of the molecule is CO[C@@H]1CN(c2cccc(Br)c2)C[C@H]1O. The van der Waals surface area contributed by atoms with E-state index in [1.807, 2.05) is 24.3 Å². The minimum atomic E-state index is -0.394. The molecule has 4 heteroatoms. The van der Waals surface area contributed by atoms with E-state index >= 15 is 0 Å². The number of β-amino-alcohol motifs (C(OH)–C–C–N with tert-alkyl or cyclic N) is 1. The van der Waals surface area contributed by atoms with Crippen LogP contribution in [0.1, 0.15) is 0 Å². The van der Waals surface area contributed by atoms with Gasteiger partial charge in [-0.2, -0.15) is 0 Å². The number of aliphatic hydroxyl groups is 1. The molecule has 82 valence electrons. The Morgan fingerprint density at radius 2 is 2.27 bits per heavy atom. The number of methoxy groups -OCH3 is 1. The molecule has 1 aromatic rings. The normalized spacial score (nSPS) is 25.9. The van der Waals surface area contributed by atoms with Crippen LogP contribution in [0.25, 0.3) is 0 Å². The van der Waals surface area contributed by atoms with Gasteiger partial charge in [-0.25, -0.2) is 0 Å². The lowest BCUT2D eigenvalue weighted by atomic mass is 10.3. The second kappa shape index (κ2) is 4.51. The predicted octanol–water partition coefficient (Wildman–Crippen LogP) is 1.64. The summed E-state index contributed by atoms with van der Waals surface area (Å²) in [6, 6.07) is 8.07. The zero-order valence-corrected chi connectivity index (χ0v) is 10.1. The van der Waals surface area contributed by atoms with Gasteiger partial charge in [0.1, 0.15) is 6.10 Å². The zero-order valence-electron chi connectivity index (χ0n) is 8.56. The standard InChI is InChI=1S/C11H14BrNO2/c1-15-11-7-13(6-10(11)14)9-4-2-3-8(12)5-9/h2-5,10-11,14H,6-7H2,1H3/t10-,11-/m1/s1. The number of hydrogen-bond acceptors (Lipinski definition) is 3. The van der Waals surface area contributed by atoms with Gasteiger partial charge >= 0.3 is 0 Å². The Hall–Kier alpha value is -0.580. The van der Waals surface area contributed by atoms with Crippen molar-refractivity contribution in [2.75, 3.05) is 25.1 Å². The third-order valence-corrected chi connectivity index (χ3v) is 3.21. The molecule has 0 saturated carbocycles. The Morgan fingerprint density at radius 3 is 2.87 bits per heavy atom. The first-order valence-electron chi connectivity index (χ1n) is 4.92. The summed E-state index contributed by atoms with van der Waals surface area (Å²) in [7, 11) is 1.64. The predicted molar refractivity (Wildman–Crippen MR) is 63.2 cm³/mol. The highest BCUT2D eigenvalue weighted by Gasteiger charge is 2.31. The van der Waals surface area contributed by atoms with E-state index in [9.17, 15) is 5.11 Å². The van der Waals surface area contributed by atoms with Crippen LogP contribution in [0, 0.1) is 0 Å². The number of aliphatic hydroxyl groups excluding tert-OH is 1. The Balaban J connectivity index is 2.13. The molecule has 1 aliphatic heterocycles. The number of ether oxygens (including phenoxy) is 1. The fraction of sp³-hybridized carbons (Fsp3) is 0.455. The zero-order chi connectivity index (χ0) is 10.8. The molecule has 1 aromatic carbocycles. The Labute approximate surface area is 97.8 Å². The molecule has 0 radical (unpaired) electrons. The van der Waals surface area contributed by atoms with Gasteiger partial charge in [0.2, 0.25) is 0 Å². The summed E-state index contributed by atoms with van der Waals surface area (Å²) < 4.78 is 6.25. The number of rotatable bonds is 2. The van der Waals surface area contributed by atoms with Crippen LogP contribution in [0.4, 0.5) is 5.69 Å². The molecule has 2 rings (SSSR count). The summed E-state index contributed by atoms with van der Waals surface area (Å²) in [6.45, 7) is 1.38. The highest BCUT2D eigenvalue weighted by molar-refractivity contribution is 9.10. The van der Waals surface area contributed by atoms with Crippen molar-refractivity contribution in [3.8, 4) is 0 Å². The largest absolute Gasteiger partial charge is 0.388 e. The first-order valence-corrected chi connectivity index (χ1v) is 5.71. The average molecular weight is 272 g/mol. The Morgan fingerprint density at radius 1 is 1.47 bits per heavy atom. The number of benzene rings is 1. The smallest absolute Gasteiger partial charge is 0.102 e. The third-order valence-electron chi connectivity index (χ3n) is 2.71. The van der Waals surface area contributed by atoms with Crippen LogP contribution in [-0.2, 0) is 4.74 Å². The van der Waals surface area contributed by atoms with Crippen molar-refractivity contribution in [1.29, 1.82) is 0 Å². The maximum Gasteiger partial charge on any atom is 0.102 e. The van der Waals surface area contributed by atoms with Gasteiger partial charge in [0.15, 0.2) is 0 Å². The first-order chi connectivity index (χ1) is 7.20. The quantitative estimate of drug-likeness (QED) is 0.888. The molecular formula is C11H14BrNO2. The molecule has 0 bridgehead atoms. The number of nitrogens with zero attached hydrogens (tertiary/aromatic N) is 1. The van der Waals surface area contributed by atoms with E-state index in [0.717, 1.165) is 16.7 Å². The highest BCUT2D eigenvalue weighted by atomic mass is 79.9. The third kappa shape index (κ3) is 2.33. The first kappa shape index (κ1) is 10.9. The van der Waals surface area contributed by atoms with Crippen LogP contribution >= 0.6 is 15.9 Å². The van der Waals surface area contributed by atoms with Crippen molar-refractivity contribution < 1.29 is 9.84 Å².